The Morgan fingerprint density at radius 3 is 2.42 bits per heavy atom. The van der Waals surface area contributed by atoms with Gasteiger partial charge in [-0.05, 0) is 32.6 Å². The molecular weight excluding hydrogens is 483 g/mol. The third-order valence-electron chi connectivity index (χ3n) is 3.52. The van der Waals surface area contributed by atoms with E-state index >= 15 is 0 Å². The molecule has 0 fully saturated rings. The molecule has 0 atom stereocenters. The lowest BCUT2D eigenvalue weighted by molar-refractivity contribution is 0.579. The van der Waals surface area contributed by atoms with E-state index in [4.69, 9.17) is 0 Å². The van der Waals surface area contributed by atoms with Crippen LogP contribution in [0.25, 0.3) is 0 Å². The highest BCUT2D eigenvalue weighted by Gasteiger charge is 2.15. The lowest BCUT2D eigenvalue weighted by Crippen LogP contribution is -2.41. The highest BCUT2D eigenvalue weighted by Crippen LogP contribution is 2.20. The zero-order valence-corrected chi connectivity index (χ0v) is 19.9. The molecule has 0 spiro atoms. The number of guanidine groups is 1. The molecule has 26 heavy (non-hydrogen) atoms. The smallest absolute Gasteiger partial charge is 0.213 e. The number of thioether (sulfide) groups is 1. The maximum atomic E-state index is 12.1. The van der Waals surface area contributed by atoms with Gasteiger partial charge in [0.15, 0.2) is 5.96 Å². The lowest BCUT2D eigenvalue weighted by atomic mass is 10.2. The van der Waals surface area contributed by atoms with E-state index < -0.39 is 10.0 Å². The first-order chi connectivity index (χ1) is 11.8. The van der Waals surface area contributed by atoms with Gasteiger partial charge in [0.1, 0.15) is 0 Å². The van der Waals surface area contributed by atoms with Crippen LogP contribution in [0.15, 0.2) is 35.3 Å². The van der Waals surface area contributed by atoms with Crippen molar-refractivity contribution in [1.29, 1.82) is 0 Å². The molecule has 0 aliphatic rings. The zero-order chi connectivity index (χ0) is 18.8. The van der Waals surface area contributed by atoms with Crippen molar-refractivity contribution in [3.8, 4) is 0 Å². The Labute approximate surface area is 179 Å². The van der Waals surface area contributed by atoms with Gasteiger partial charge < -0.3 is 10.6 Å². The van der Waals surface area contributed by atoms with E-state index in [9.17, 15) is 8.42 Å². The van der Waals surface area contributed by atoms with Crippen molar-refractivity contribution in [3.63, 3.8) is 0 Å². The van der Waals surface area contributed by atoms with Crippen molar-refractivity contribution in [2.45, 2.75) is 32.1 Å². The molecular formula is C17H31IN4O2S2. The first-order valence-corrected chi connectivity index (χ1v) is 11.2. The van der Waals surface area contributed by atoms with Crippen molar-refractivity contribution in [3.05, 3.63) is 35.9 Å². The number of benzene rings is 1. The molecule has 0 saturated heterocycles. The van der Waals surface area contributed by atoms with Gasteiger partial charge in [-0.1, -0.05) is 30.3 Å². The molecule has 0 aromatic heterocycles. The molecule has 1 rings (SSSR count). The molecule has 0 aliphatic carbocycles. The van der Waals surface area contributed by atoms with E-state index in [2.05, 4.69) is 40.5 Å². The van der Waals surface area contributed by atoms with E-state index in [1.165, 1.54) is 0 Å². The largest absolute Gasteiger partial charge is 0.357 e. The lowest BCUT2D eigenvalue weighted by Gasteiger charge is -2.20. The second-order valence-electron chi connectivity index (χ2n) is 6.21. The van der Waals surface area contributed by atoms with E-state index in [0.717, 1.165) is 12.1 Å². The molecule has 0 amide bonds. The monoisotopic (exact) mass is 514 g/mol. The predicted octanol–water partition coefficient (Wildman–Crippen LogP) is 2.42. The highest BCUT2D eigenvalue weighted by atomic mass is 127. The van der Waals surface area contributed by atoms with Gasteiger partial charge in [-0.25, -0.2) is 13.1 Å². The van der Waals surface area contributed by atoms with Gasteiger partial charge in [-0.2, -0.15) is 11.8 Å². The first kappa shape index (κ1) is 25.5. The van der Waals surface area contributed by atoms with E-state index in [0.29, 0.717) is 25.6 Å². The van der Waals surface area contributed by atoms with Crippen LogP contribution in [-0.4, -0.2) is 50.8 Å². The summed E-state index contributed by atoms with van der Waals surface area (Å²) in [7, 11) is -3.34. The maximum Gasteiger partial charge on any atom is 0.213 e. The molecule has 9 heteroatoms. The average Bonchev–Trinajstić information content (AvgIpc) is 2.59. The van der Waals surface area contributed by atoms with Crippen LogP contribution in [0.3, 0.4) is 0 Å². The fraction of sp³-hybridized carbons (Fsp3) is 0.588. The Bertz CT molecular complexity index is 637. The number of hydrogen-bond donors (Lipinski definition) is 3. The maximum absolute atomic E-state index is 12.1. The standard InChI is InChI=1S/C17H30N4O2S2.HI/c1-5-18-16(20-14-17(2,3)24-4)19-11-12-25(22,23)21-13-15-9-7-6-8-10-15;/h6-10,21H,5,11-14H2,1-4H3,(H2,18,19,20);1H. The summed E-state index contributed by atoms with van der Waals surface area (Å²) >= 11 is 1.75. The molecule has 150 valence electrons. The fourth-order valence-electron chi connectivity index (χ4n) is 1.84. The second-order valence-corrected chi connectivity index (χ2v) is 9.65. The Morgan fingerprint density at radius 2 is 1.85 bits per heavy atom. The minimum absolute atomic E-state index is 0. The summed E-state index contributed by atoms with van der Waals surface area (Å²) in [5, 5.41) is 6.22. The number of sulfonamides is 1. The number of rotatable bonds is 10. The van der Waals surface area contributed by atoms with Gasteiger partial charge >= 0.3 is 0 Å². The van der Waals surface area contributed by atoms with Crippen LogP contribution in [0.1, 0.15) is 26.3 Å². The van der Waals surface area contributed by atoms with Gasteiger partial charge in [-0.15, -0.1) is 24.0 Å². The number of nitrogens with zero attached hydrogens (tertiary/aromatic N) is 1. The van der Waals surface area contributed by atoms with Crippen LogP contribution in [0.4, 0.5) is 0 Å². The molecule has 6 nitrogen and oxygen atoms in total. The summed E-state index contributed by atoms with van der Waals surface area (Å²) in [5.74, 6) is 0.638. The van der Waals surface area contributed by atoms with Crippen LogP contribution in [0.5, 0.6) is 0 Å². The summed E-state index contributed by atoms with van der Waals surface area (Å²) in [5.41, 5.74) is 0.938. The Hall–Kier alpha value is -0.520. The van der Waals surface area contributed by atoms with Gasteiger partial charge in [0.25, 0.3) is 0 Å². The predicted molar refractivity (Wildman–Crippen MR) is 124 cm³/mol. The van der Waals surface area contributed by atoms with Crippen LogP contribution >= 0.6 is 35.7 Å². The third-order valence-corrected chi connectivity index (χ3v) is 6.08. The molecule has 0 unspecified atom stereocenters. The van der Waals surface area contributed by atoms with Crippen LogP contribution in [0.2, 0.25) is 0 Å². The molecule has 3 N–H and O–H groups in total. The van der Waals surface area contributed by atoms with Crippen LogP contribution in [-0.2, 0) is 16.6 Å². The quantitative estimate of drug-likeness (QED) is 0.254. The Kier molecular flexibility index (Phi) is 12.5. The second kappa shape index (κ2) is 12.8. The summed E-state index contributed by atoms with van der Waals surface area (Å²) in [4.78, 5) is 4.53. The molecule has 0 radical (unpaired) electrons. The SMILES string of the molecule is CCNC(=NCC(C)(C)SC)NCCS(=O)(=O)NCc1ccccc1.I. The van der Waals surface area contributed by atoms with Gasteiger partial charge in [0, 0.05) is 24.4 Å². The minimum atomic E-state index is -3.34. The van der Waals surface area contributed by atoms with E-state index in [1.54, 1.807) is 11.8 Å². The third kappa shape index (κ3) is 11.2. The normalized spacial score (nSPS) is 12.4. The van der Waals surface area contributed by atoms with Gasteiger partial charge in [0.05, 0.1) is 12.3 Å². The summed E-state index contributed by atoms with van der Waals surface area (Å²) in [6.45, 7) is 8.22. The molecule has 0 heterocycles. The molecule has 1 aromatic carbocycles. The highest BCUT2D eigenvalue weighted by molar-refractivity contribution is 14.0. The Morgan fingerprint density at radius 1 is 1.19 bits per heavy atom. The molecule has 0 bridgehead atoms. The fourth-order valence-corrected chi connectivity index (χ4v) is 2.94. The molecule has 0 saturated carbocycles. The van der Waals surface area contributed by atoms with Crippen molar-refractivity contribution in [2.24, 2.45) is 4.99 Å². The number of nitrogens with one attached hydrogen (secondary N) is 3. The van der Waals surface area contributed by atoms with Crippen molar-refractivity contribution < 1.29 is 8.42 Å². The number of hydrogen-bond acceptors (Lipinski definition) is 4. The first-order valence-electron chi connectivity index (χ1n) is 8.36. The summed E-state index contributed by atoms with van der Waals surface area (Å²) in [6, 6.07) is 9.47. The van der Waals surface area contributed by atoms with E-state index in [-0.39, 0.29) is 34.5 Å². The zero-order valence-electron chi connectivity index (χ0n) is 15.9. The van der Waals surface area contributed by atoms with Crippen molar-refractivity contribution >= 4 is 51.7 Å². The number of halogens is 1. The molecule has 0 aliphatic heterocycles. The molecule has 1 aromatic rings. The van der Waals surface area contributed by atoms with Gasteiger partial charge in [0.2, 0.25) is 10.0 Å². The average molecular weight is 514 g/mol. The summed E-state index contributed by atoms with van der Waals surface area (Å²) < 4.78 is 26.8. The Balaban J connectivity index is 0.00000625. The topological polar surface area (TPSA) is 82.6 Å². The van der Waals surface area contributed by atoms with Gasteiger partial charge in [-0.3, -0.25) is 4.99 Å². The van der Waals surface area contributed by atoms with Crippen molar-refractivity contribution in [1.82, 2.24) is 15.4 Å². The van der Waals surface area contributed by atoms with Crippen LogP contribution in [0, 0.1) is 0 Å². The van der Waals surface area contributed by atoms with Crippen LogP contribution < -0.4 is 15.4 Å². The summed E-state index contributed by atoms with van der Waals surface area (Å²) in [6.07, 6.45) is 2.06. The van der Waals surface area contributed by atoms with Crippen molar-refractivity contribution in [2.75, 3.05) is 31.6 Å². The minimum Gasteiger partial charge on any atom is -0.357 e. The number of aliphatic imine (C=N–C) groups is 1. The van der Waals surface area contributed by atoms with E-state index in [1.807, 2.05) is 37.3 Å².